The van der Waals surface area contributed by atoms with E-state index in [0.29, 0.717) is 11.0 Å². The van der Waals surface area contributed by atoms with Crippen LogP contribution in [0, 0.1) is 5.92 Å². The second-order valence-corrected chi connectivity index (χ2v) is 5.72. The Morgan fingerprint density at radius 2 is 2.00 bits per heavy atom. The van der Waals surface area contributed by atoms with Crippen molar-refractivity contribution in [2.24, 2.45) is 5.92 Å². The first kappa shape index (κ1) is 9.57. The smallest absolute Gasteiger partial charge is 0.134 e. The van der Waals surface area contributed by atoms with Gasteiger partial charge in [-0.1, -0.05) is 12.8 Å². The second kappa shape index (κ2) is 4.50. The fourth-order valence-corrected chi connectivity index (χ4v) is 3.84. The molecule has 2 rings (SSSR count). The minimum Gasteiger partial charge on any atom is -0.300 e. The van der Waals surface area contributed by atoms with E-state index in [9.17, 15) is 4.79 Å². The van der Waals surface area contributed by atoms with E-state index < -0.39 is 0 Å². The monoisotopic (exact) mass is 198 g/mol. The molecule has 0 saturated heterocycles. The minimum absolute atomic E-state index is 0.490. The number of Topliss-reactive ketones (excluding diaryl/α,β-unsaturated/α-hetero) is 1. The molecule has 0 radical (unpaired) electrons. The first-order valence-electron chi connectivity index (χ1n) is 5.48. The van der Waals surface area contributed by atoms with Gasteiger partial charge in [0.2, 0.25) is 0 Å². The minimum atomic E-state index is 0.490. The van der Waals surface area contributed by atoms with E-state index in [1.54, 1.807) is 0 Å². The molecule has 2 fully saturated rings. The van der Waals surface area contributed by atoms with Crippen LogP contribution in [0.3, 0.4) is 0 Å². The first-order valence-corrected chi connectivity index (χ1v) is 6.53. The molecule has 2 heteroatoms. The van der Waals surface area contributed by atoms with Crippen molar-refractivity contribution in [3.05, 3.63) is 0 Å². The molecule has 1 nitrogen and oxygen atoms in total. The molecule has 0 spiro atoms. The van der Waals surface area contributed by atoms with Crippen molar-refractivity contribution in [3.63, 3.8) is 0 Å². The van der Waals surface area contributed by atoms with Gasteiger partial charge in [0.15, 0.2) is 0 Å². The predicted octanol–water partition coefficient (Wildman–Crippen LogP) is 3.03. The number of hydrogen-bond acceptors (Lipinski definition) is 2. The highest BCUT2D eigenvalue weighted by molar-refractivity contribution is 7.99. The van der Waals surface area contributed by atoms with Gasteiger partial charge >= 0.3 is 0 Å². The molecule has 0 aromatic heterocycles. The summed E-state index contributed by atoms with van der Waals surface area (Å²) in [6.07, 6.45) is 8.61. The molecule has 2 saturated carbocycles. The lowest BCUT2D eigenvalue weighted by Gasteiger charge is -2.11. The van der Waals surface area contributed by atoms with Crippen molar-refractivity contribution in [2.45, 2.75) is 50.2 Å². The van der Waals surface area contributed by atoms with Gasteiger partial charge in [0.1, 0.15) is 5.78 Å². The number of rotatable bonds is 3. The van der Waals surface area contributed by atoms with Gasteiger partial charge in [-0.3, -0.25) is 4.79 Å². The van der Waals surface area contributed by atoms with Crippen molar-refractivity contribution in [2.75, 3.05) is 5.75 Å². The molecule has 0 amide bonds. The van der Waals surface area contributed by atoms with E-state index in [4.69, 9.17) is 0 Å². The molecule has 74 valence electrons. The summed E-state index contributed by atoms with van der Waals surface area (Å²) in [7, 11) is 0. The van der Waals surface area contributed by atoms with Crippen LogP contribution in [0.4, 0.5) is 0 Å². The van der Waals surface area contributed by atoms with Crippen molar-refractivity contribution >= 4 is 17.5 Å². The number of thioether (sulfide) groups is 1. The lowest BCUT2D eigenvalue weighted by Crippen LogP contribution is -2.03. The van der Waals surface area contributed by atoms with Gasteiger partial charge in [-0.15, -0.1) is 0 Å². The van der Waals surface area contributed by atoms with Crippen LogP contribution in [0.25, 0.3) is 0 Å². The summed E-state index contributed by atoms with van der Waals surface area (Å²) >= 11 is 2.06. The fourth-order valence-electron chi connectivity index (χ4n) is 2.37. The third kappa shape index (κ3) is 2.73. The number of ketones is 1. The Balaban J connectivity index is 1.64. The molecule has 0 aliphatic heterocycles. The highest BCUT2D eigenvalue weighted by Gasteiger charge is 2.24. The maximum atomic E-state index is 11.0. The van der Waals surface area contributed by atoms with Crippen molar-refractivity contribution in [1.82, 2.24) is 0 Å². The molecular formula is C11H18OS. The summed E-state index contributed by atoms with van der Waals surface area (Å²) in [6, 6.07) is 0. The summed E-state index contributed by atoms with van der Waals surface area (Å²) < 4.78 is 0. The molecule has 1 unspecified atom stereocenters. The Morgan fingerprint density at radius 3 is 2.62 bits per heavy atom. The van der Waals surface area contributed by atoms with Crippen LogP contribution < -0.4 is 0 Å². The van der Waals surface area contributed by atoms with Gasteiger partial charge in [-0.05, 0) is 30.9 Å². The van der Waals surface area contributed by atoms with Crippen molar-refractivity contribution in [1.29, 1.82) is 0 Å². The quantitative estimate of drug-likeness (QED) is 0.693. The normalized spacial score (nSPS) is 30.2. The SMILES string of the molecule is O=C1CCC(SCC2CCCC2)C1. The molecule has 2 aliphatic carbocycles. The Bertz CT molecular complexity index is 185. The fraction of sp³-hybridized carbons (Fsp3) is 0.909. The van der Waals surface area contributed by atoms with Crippen molar-refractivity contribution < 1.29 is 4.79 Å². The summed E-state index contributed by atoms with van der Waals surface area (Å²) in [6.45, 7) is 0. The number of carbonyl (C=O) groups is 1. The third-order valence-corrected chi connectivity index (χ3v) is 4.78. The molecule has 13 heavy (non-hydrogen) atoms. The van der Waals surface area contributed by atoms with E-state index in [1.165, 1.54) is 31.4 Å². The van der Waals surface area contributed by atoms with Crippen LogP contribution >= 0.6 is 11.8 Å². The lowest BCUT2D eigenvalue weighted by atomic mass is 10.1. The van der Waals surface area contributed by atoms with Gasteiger partial charge in [0, 0.05) is 18.1 Å². The first-order chi connectivity index (χ1) is 6.34. The zero-order valence-electron chi connectivity index (χ0n) is 8.13. The Morgan fingerprint density at radius 1 is 1.23 bits per heavy atom. The highest BCUT2D eigenvalue weighted by atomic mass is 32.2. The molecular weight excluding hydrogens is 180 g/mol. The van der Waals surface area contributed by atoms with Gasteiger partial charge in [0.05, 0.1) is 0 Å². The Hall–Kier alpha value is 0.0200. The molecule has 2 aliphatic rings. The van der Waals surface area contributed by atoms with Gasteiger partial charge < -0.3 is 0 Å². The zero-order valence-corrected chi connectivity index (χ0v) is 8.94. The van der Waals surface area contributed by atoms with E-state index in [-0.39, 0.29) is 0 Å². The summed E-state index contributed by atoms with van der Waals surface area (Å²) in [5, 5.41) is 0.674. The zero-order chi connectivity index (χ0) is 9.10. The van der Waals surface area contributed by atoms with E-state index in [0.717, 1.165) is 25.2 Å². The molecule has 0 aromatic rings. The topological polar surface area (TPSA) is 17.1 Å². The standard InChI is InChI=1S/C11H18OS/c12-10-5-6-11(7-10)13-8-9-3-1-2-4-9/h9,11H,1-8H2. The van der Waals surface area contributed by atoms with E-state index >= 15 is 0 Å². The Labute approximate surface area is 84.7 Å². The van der Waals surface area contributed by atoms with Crippen LogP contribution in [-0.2, 0) is 4.79 Å². The molecule has 0 bridgehead atoms. The Kier molecular flexibility index (Phi) is 3.31. The van der Waals surface area contributed by atoms with Crippen LogP contribution in [0.2, 0.25) is 0 Å². The maximum Gasteiger partial charge on any atom is 0.134 e. The maximum absolute atomic E-state index is 11.0. The highest BCUT2D eigenvalue weighted by Crippen LogP contribution is 2.33. The average Bonchev–Trinajstić information content (AvgIpc) is 2.71. The molecule has 0 heterocycles. The van der Waals surface area contributed by atoms with Gasteiger partial charge in [0.25, 0.3) is 0 Å². The largest absolute Gasteiger partial charge is 0.300 e. The summed E-state index contributed by atoms with van der Waals surface area (Å²) in [5.74, 6) is 2.78. The average molecular weight is 198 g/mol. The van der Waals surface area contributed by atoms with Crippen LogP contribution in [-0.4, -0.2) is 16.8 Å². The van der Waals surface area contributed by atoms with Gasteiger partial charge in [-0.2, -0.15) is 11.8 Å². The number of carbonyl (C=O) groups excluding carboxylic acids is 1. The van der Waals surface area contributed by atoms with Gasteiger partial charge in [-0.25, -0.2) is 0 Å². The summed E-state index contributed by atoms with van der Waals surface area (Å²) in [5.41, 5.74) is 0. The second-order valence-electron chi connectivity index (χ2n) is 4.39. The molecule has 1 atom stereocenters. The molecule has 0 N–H and O–H groups in total. The van der Waals surface area contributed by atoms with E-state index in [1.807, 2.05) is 0 Å². The molecule has 0 aromatic carbocycles. The van der Waals surface area contributed by atoms with Crippen LogP contribution in [0.5, 0.6) is 0 Å². The van der Waals surface area contributed by atoms with E-state index in [2.05, 4.69) is 11.8 Å². The van der Waals surface area contributed by atoms with Crippen molar-refractivity contribution in [3.8, 4) is 0 Å². The summed E-state index contributed by atoms with van der Waals surface area (Å²) in [4.78, 5) is 11.0. The number of hydrogen-bond donors (Lipinski definition) is 0. The van der Waals surface area contributed by atoms with Crippen LogP contribution in [0.15, 0.2) is 0 Å². The lowest BCUT2D eigenvalue weighted by molar-refractivity contribution is -0.117. The third-order valence-electron chi connectivity index (χ3n) is 3.24. The van der Waals surface area contributed by atoms with Crippen LogP contribution in [0.1, 0.15) is 44.9 Å². The predicted molar refractivity (Wildman–Crippen MR) is 57.1 cm³/mol.